The van der Waals surface area contributed by atoms with Gasteiger partial charge in [0.1, 0.15) is 6.04 Å². The maximum atomic E-state index is 11.7. The molecule has 0 aliphatic carbocycles. The summed E-state index contributed by atoms with van der Waals surface area (Å²) in [4.78, 5) is 24.8. The first-order valence-corrected chi connectivity index (χ1v) is 5.56. The number of hydrogen-bond donors (Lipinski definition) is 0. The first-order chi connectivity index (χ1) is 7.06. The van der Waals surface area contributed by atoms with E-state index in [0.29, 0.717) is 19.4 Å². The van der Waals surface area contributed by atoms with Crippen LogP contribution in [0.1, 0.15) is 40.0 Å². The minimum absolute atomic E-state index is 0.0718. The Bertz CT molecular complexity index is 250. The van der Waals surface area contributed by atoms with Gasteiger partial charge < -0.3 is 9.64 Å². The number of nitrogens with zero attached hydrogens (tertiary/aromatic N) is 1. The van der Waals surface area contributed by atoms with Crippen LogP contribution in [0.4, 0.5) is 0 Å². The van der Waals surface area contributed by atoms with Crippen LogP contribution in [0.25, 0.3) is 0 Å². The second kappa shape index (κ2) is 5.14. The van der Waals surface area contributed by atoms with Gasteiger partial charge in [0.2, 0.25) is 5.91 Å². The van der Waals surface area contributed by atoms with Crippen LogP contribution in [0.2, 0.25) is 0 Å². The average Bonchev–Trinajstić information content (AvgIpc) is 2.52. The number of carbonyl (C=O) groups is 2. The molecule has 0 aromatic heterocycles. The maximum Gasteiger partial charge on any atom is 0.329 e. The van der Waals surface area contributed by atoms with Gasteiger partial charge in [-0.3, -0.25) is 4.79 Å². The molecular formula is C11H19NO3. The smallest absolute Gasteiger partial charge is 0.329 e. The number of esters is 1. The molecule has 0 spiro atoms. The Hall–Kier alpha value is -1.06. The highest BCUT2D eigenvalue weighted by Crippen LogP contribution is 2.17. The first kappa shape index (κ1) is 12.0. The van der Waals surface area contributed by atoms with Crippen molar-refractivity contribution >= 4 is 11.9 Å². The van der Waals surface area contributed by atoms with Gasteiger partial charge in [0.05, 0.1) is 6.10 Å². The normalized spacial score (nSPS) is 18.4. The molecule has 1 fully saturated rings. The summed E-state index contributed by atoms with van der Waals surface area (Å²) >= 11 is 0. The van der Waals surface area contributed by atoms with E-state index in [1.54, 1.807) is 4.90 Å². The Labute approximate surface area is 90.6 Å². The topological polar surface area (TPSA) is 46.6 Å². The van der Waals surface area contributed by atoms with Crippen LogP contribution in [0.15, 0.2) is 0 Å². The molecule has 1 aliphatic rings. The van der Waals surface area contributed by atoms with Gasteiger partial charge in [-0.05, 0) is 26.7 Å². The number of amides is 1. The molecule has 0 saturated carbocycles. The molecule has 0 radical (unpaired) electrons. The Balaban J connectivity index is 2.61. The highest BCUT2D eigenvalue weighted by atomic mass is 16.5. The minimum atomic E-state index is -0.387. The zero-order valence-corrected chi connectivity index (χ0v) is 9.66. The Morgan fingerprint density at radius 1 is 1.53 bits per heavy atom. The van der Waals surface area contributed by atoms with E-state index in [-0.39, 0.29) is 24.0 Å². The molecule has 4 nitrogen and oxygen atoms in total. The highest BCUT2D eigenvalue weighted by molar-refractivity contribution is 5.85. The Morgan fingerprint density at radius 3 is 2.60 bits per heavy atom. The van der Waals surface area contributed by atoms with Crippen molar-refractivity contribution < 1.29 is 14.3 Å². The van der Waals surface area contributed by atoms with E-state index in [9.17, 15) is 9.59 Å². The third kappa shape index (κ3) is 2.94. The van der Waals surface area contributed by atoms with Gasteiger partial charge in [0.15, 0.2) is 0 Å². The number of hydrogen-bond acceptors (Lipinski definition) is 3. The second-order valence-corrected chi connectivity index (χ2v) is 4.10. The zero-order chi connectivity index (χ0) is 11.4. The van der Waals surface area contributed by atoms with Crippen LogP contribution < -0.4 is 0 Å². The van der Waals surface area contributed by atoms with Crippen molar-refractivity contribution in [2.75, 3.05) is 6.54 Å². The van der Waals surface area contributed by atoms with E-state index in [4.69, 9.17) is 4.74 Å². The van der Waals surface area contributed by atoms with Gasteiger partial charge in [0, 0.05) is 13.0 Å². The Morgan fingerprint density at radius 2 is 2.20 bits per heavy atom. The quantitative estimate of drug-likeness (QED) is 0.662. The summed E-state index contributed by atoms with van der Waals surface area (Å²) in [6, 6.07) is -0.387. The molecule has 1 heterocycles. The van der Waals surface area contributed by atoms with Crippen molar-refractivity contribution in [3.63, 3.8) is 0 Å². The summed E-state index contributed by atoms with van der Waals surface area (Å²) in [7, 11) is 0. The lowest BCUT2D eigenvalue weighted by atomic mass is 10.2. The third-order valence-electron chi connectivity index (χ3n) is 2.50. The largest absolute Gasteiger partial charge is 0.461 e. The molecule has 0 N–H and O–H groups in total. The molecule has 1 atom stereocenters. The number of likely N-dealkylation sites (tertiary alicyclic amines) is 1. The van der Waals surface area contributed by atoms with E-state index in [0.717, 1.165) is 6.42 Å². The van der Waals surface area contributed by atoms with Crippen LogP contribution >= 0.6 is 0 Å². The first-order valence-electron chi connectivity index (χ1n) is 5.56. The lowest BCUT2D eigenvalue weighted by molar-refractivity contribution is -0.157. The number of ether oxygens (including phenoxy) is 1. The molecule has 1 aliphatic heterocycles. The summed E-state index contributed by atoms with van der Waals surface area (Å²) in [6.45, 7) is 6.22. The summed E-state index contributed by atoms with van der Waals surface area (Å²) < 4.78 is 5.13. The molecule has 1 saturated heterocycles. The maximum absolute atomic E-state index is 11.7. The lowest BCUT2D eigenvalue weighted by Crippen LogP contribution is -2.43. The van der Waals surface area contributed by atoms with Crippen molar-refractivity contribution in [1.29, 1.82) is 0 Å². The molecular weight excluding hydrogens is 194 g/mol. The highest BCUT2D eigenvalue weighted by Gasteiger charge is 2.32. The van der Waals surface area contributed by atoms with Crippen molar-refractivity contribution in [1.82, 2.24) is 4.90 Å². The van der Waals surface area contributed by atoms with Gasteiger partial charge in [-0.25, -0.2) is 4.79 Å². The Kier molecular flexibility index (Phi) is 4.12. The van der Waals surface area contributed by atoms with Gasteiger partial charge >= 0.3 is 5.97 Å². The molecule has 86 valence electrons. The average molecular weight is 213 g/mol. The fraction of sp³-hybridized carbons (Fsp3) is 0.818. The summed E-state index contributed by atoms with van der Waals surface area (Å²) in [5, 5.41) is 0. The van der Waals surface area contributed by atoms with Crippen LogP contribution in [-0.4, -0.2) is 35.5 Å². The van der Waals surface area contributed by atoms with Crippen molar-refractivity contribution in [3.8, 4) is 0 Å². The molecule has 0 unspecified atom stereocenters. The van der Waals surface area contributed by atoms with Gasteiger partial charge in [-0.1, -0.05) is 6.92 Å². The minimum Gasteiger partial charge on any atom is -0.461 e. The molecule has 0 bridgehead atoms. The molecule has 0 aromatic carbocycles. The fourth-order valence-electron chi connectivity index (χ4n) is 1.82. The molecule has 4 heteroatoms. The van der Waals surface area contributed by atoms with Crippen molar-refractivity contribution in [3.05, 3.63) is 0 Å². The summed E-state index contributed by atoms with van der Waals surface area (Å²) in [6.07, 6.45) is 1.91. The summed E-state index contributed by atoms with van der Waals surface area (Å²) in [5.74, 6) is -0.203. The van der Waals surface area contributed by atoms with Crippen LogP contribution in [0, 0.1) is 0 Å². The number of rotatable bonds is 4. The van der Waals surface area contributed by atoms with E-state index in [1.807, 2.05) is 20.8 Å². The molecule has 0 aromatic rings. The van der Waals surface area contributed by atoms with E-state index >= 15 is 0 Å². The second-order valence-electron chi connectivity index (χ2n) is 4.10. The van der Waals surface area contributed by atoms with Gasteiger partial charge in [-0.2, -0.15) is 0 Å². The van der Waals surface area contributed by atoms with E-state index in [2.05, 4.69) is 0 Å². The summed E-state index contributed by atoms with van der Waals surface area (Å²) in [5.41, 5.74) is 0. The van der Waals surface area contributed by atoms with E-state index < -0.39 is 0 Å². The van der Waals surface area contributed by atoms with Crippen molar-refractivity contribution in [2.24, 2.45) is 0 Å². The monoisotopic (exact) mass is 213 g/mol. The van der Waals surface area contributed by atoms with Gasteiger partial charge in [0.25, 0.3) is 0 Å². The third-order valence-corrected chi connectivity index (χ3v) is 2.50. The van der Waals surface area contributed by atoms with Crippen molar-refractivity contribution in [2.45, 2.75) is 52.2 Å². The van der Waals surface area contributed by atoms with Crippen LogP contribution in [-0.2, 0) is 14.3 Å². The lowest BCUT2D eigenvalue weighted by Gasteiger charge is -2.25. The number of carbonyl (C=O) groups excluding carboxylic acids is 2. The molecule has 1 amide bonds. The fourth-order valence-corrected chi connectivity index (χ4v) is 1.82. The molecule has 15 heavy (non-hydrogen) atoms. The SMILES string of the molecule is CC[C@@H](C(=O)OC(C)C)N1CCCC1=O. The molecule has 1 rings (SSSR count). The van der Waals surface area contributed by atoms with Crippen LogP contribution in [0.3, 0.4) is 0 Å². The standard InChI is InChI=1S/C11H19NO3/c1-4-9(11(14)15-8(2)3)12-7-5-6-10(12)13/h8-9H,4-7H2,1-3H3/t9-/m0/s1. The predicted molar refractivity (Wildman–Crippen MR) is 56.3 cm³/mol. The zero-order valence-electron chi connectivity index (χ0n) is 9.66. The predicted octanol–water partition coefficient (Wildman–Crippen LogP) is 1.34. The van der Waals surface area contributed by atoms with Gasteiger partial charge in [-0.15, -0.1) is 0 Å². The van der Waals surface area contributed by atoms with E-state index in [1.165, 1.54) is 0 Å². The van der Waals surface area contributed by atoms with Crippen LogP contribution in [0.5, 0.6) is 0 Å².